The van der Waals surface area contributed by atoms with E-state index < -0.39 is 0 Å². The third kappa shape index (κ3) is 6.19. The molecule has 0 aromatic heterocycles. The zero-order chi connectivity index (χ0) is 15.8. The summed E-state index contributed by atoms with van der Waals surface area (Å²) < 4.78 is 0. The predicted octanol–water partition coefficient (Wildman–Crippen LogP) is 3.56. The molecule has 1 amide bonds. The van der Waals surface area contributed by atoms with Gasteiger partial charge in [-0.3, -0.25) is 4.79 Å². The van der Waals surface area contributed by atoms with E-state index in [9.17, 15) is 4.79 Å². The molecule has 2 rings (SSSR count). The molecule has 1 heterocycles. The molecule has 0 bridgehead atoms. The van der Waals surface area contributed by atoms with Crippen LogP contribution in [0.1, 0.15) is 31.7 Å². The molecule has 0 spiro atoms. The molecule has 0 aliphatic carbocycles. The van der Waals surface area contributed by atoms with Crippen molar-refractivity contribution in [1.29, 1.82) is 0 Å². The van der Waals surface area contributed by atoms with Gasteiger partial charge >= 0.3 is 0 Å². The highest BCUT2D eigenvalue weighted by molar-refractivity contribution is 7.99. The molecule has 3 nitrogen and oxygen atoms in total. The van der Waals surface area contributed by atoms with E-state index in [-0.39, 0.29) is 5.91 Å². The van der Waals surface area contributed by atoms with Gasteiger partial charge in [-0.1, -0.05) is 30.7 Å². The summed E-state index contributed by atoms with van der Waals surface area (Å²) in [5.41, 5.74) is 1.16. The van der Waals surface area contributed by atoms with E-state index in [0.29, 0.717) is 11.8 Å². The number of piperidine rings is 1. The maximum absolute atomic E-state index is 12.0. The van der Waals surface area contributed by atoms with E-state index in [1.807, 2.05) is 24.3 Å². The maximum Gasteiger partial charge on any atom is 0.230 e. The minimum absolute atomic E-state index is 0.154. The van der Waals surface area contributed by atoms with Crippen LogP contribution < -0.4 is 5.32 Å². The molecule has 122 valence electrons. The van der Waals surface area contributed by atoms with Crippen molar-refractivity contribution in [2.45, 2.75) is 38.0 Å². The number of nitrogens with zero attached hydrogens (tertiary/aromatic N) is 1. The van der Waals surface area contributed by atoms with Crippen molar-refractivity contribution >= 4 is 29.3 Å². The number of rotatable bonds is 7. The number of benzene rings is 1. The van der Waals surface area contributed by atoms with Crippen molar-refractivity contribution < 1.29 is 4.79 Å². The summed E-state index contributed by atoms with van der Waals surface area (Å²) in [7, 11) is 0. The topological polar surface area (TPSA) is 32.3 Å². The average Bonchev–Trinajstić information content (AvgIpc) is 2.50. The van der Waals surface area contributed by atoms with Gasteiger partial charge in [0.2, 0.25) is 5.91 Å². The van der Waals surface area contributed by atoms with Crippen LogP contribution in [0.2, 0.25) is 5.02 Å². The van der Waals surface area contributed by atoms with Gasteiger partial charge in [0.25, 0.3) is 0 Å². The molecule has 1 fully saturated rings. The van der Waals surface area contributed by atoms with Gasteiger partial charge in [-0.15, -0.1) is 11.8 Å². The molecule has 1 aliphatic rings. The monoisotopic (exact) mass is 340 g/mol. The van der Waals surface area contributed by atoms with Crippen LogP contribution in [0.3, 0.4) is 0 Å². The van der Waals surface area contributed by atoms with Gasteiger partial charge in [0.05, 0.1) is 5.75 Å². The van der Waals surface area contributed by atoms with E-state index in [1.165, 1.54) is 13.0 Å². The first-order valence-corrected chi connectivity index (χ1v) is 9.54. The highest BCUT2D eigenvalue weighted by atomic mass is 35.5. The second kappa shape index (κ2) is 9.43. The van der Waals surface area contributed by atoms with Gasteiger partial charge in [-0.25, -0.2) is 0 Å². The van der Waals surface area contributed by atoms with Crippen LogP contribution in [-0.4, -0.2) is 42.2 Å². The van der Waals surface area contributed by atoms with E-state index in [1.54, 1.807) is 11.8 Å². The van der Waals surface area contributed by atoms with Crippen LogP contribution in [0.25, 0.3) is 0 Å². The van der Waals surface area contributed by atoms with Crippen molar-refractivity contribution in [2.24, 2.45) is 0 Å². The Labute approximate surface area is 142 Å². The lowest BCUT2D eigenvalue weighted by atomic mass is 10.1. The fraction of sp³-hybridized carbons (Fsp3) is 0.588. The number of amides is 1. The number of likely N-dealkylation sites (tertiary alicyclic amines) is 1. The number of hydrogen-bond acceptors (Lipinski definition) is 3. The third-order valence-electron chi connectivity index (χ3n) is 3.88. The normalized spacial score (nSPS) is 16.6. The second-order valence-corrected chi connectivity index (χ2v) is 7.23. The third-order valence-corrected chi connectivity index (χ3v) is 5.12. The summed E-state index contributed by atoms with van der Waals surface area (Å²) in [6, 6.07) is 8.17. The SMILES string of the molecule is CCCN1CCC(NC(=O)CSCc2cccc(Cl)c2)CC1. The minimum atomic E-state index is 0.154. The molecule has 0 atom stereocenters. The van der Waals surface area contributed by atoms with Gasteiger partial charge in [-0.05, 0) is 43.5 Å². The Kier molecular flexibility index (Phi) is 7.56. The van der Waals surface area contributed by atoms with Gasteiger partial charge in [-0.2, -0.15) is 0 Å². The lowest BCUT2D eigenvalue weighted by Gasteiger charge is -2.32. The van der Waals surface area contributed by atoms with E-state index in [2.05, 4.69) is 17.1 Å². The van der Waals surface area contributed by atoms with E-state index >= 15 is 0 Å². The summed E-state index contributed by atoms with van der Waals surface area (Å²) in [6.45, 7) is 5.60. The molecule has 22 heavy (non-hydrogen) atoms. The van der Waals surface area contributed by atoms with E-state index in [0.717, 1.165) is 42.3 Å². The number of carbonyl (C=O) groups is 1. The van der Waals surface area contributed by atoms with Crippen molar-refractivity contribution in [3.05, 3.63) is 34.9 Å². The Hall–Kier alpha value is -0.710. The average molecular weight is 341 g/mol. The zero-order valence-corrected chi connectivity index (χ0v) is 14.8. The van der Waals surface area contributed by atoms with Crippen LogP contribution >= 0.6 is 23.4 Å². The zero-order valence-electron chi connectivity index (χ0n) is 13.2. The summed E-state index contributed by atoms with van der Waals surface area (Å²) in [5, 5.41) is 3.92. The first-order chi connectivity index (χ1) is 10.7. The van der Waals surface area contributed by atoms with Gasteiger partial charge in [0.15, 0.2) is 0 Å². The summed E-state index contributed by atoms with van der Waals surface area (Å²) >= 11 is 7.60. The van der Waals surface area contributed by atoms with Gasteiger partial charge in [0.1, 0.15) is 0 Å². The van der Waals surface area contributed by atoms with Crippen molar-refractivity contribution in [2.75, 3.05) is 25.4 Å². The molecular weight excluding hydrogens is 316 g/mol. The largest absolute Gasteiger partial charge is 0.353 e. The Morgan fingerprint density at radius 1 is 1.41 bits per heavy atom. The lowest BCUT2D eigenvalue weighted by molar-refractivity contribution is -0.119. The van der Waals surface area contributed by atoms with Gasteiger partial charge < -0.3 is 10.2 Å². The first kappa shape index (κ1) is 17.6. The summed E-state index contributed by atoms with van der Waals surface area (Å²) in [4.78, 5) is 14.5. The van der Waals surface area contributed by atoms with Crippen LogP contribution in [0.15, 0.2) is 24.3 Å². The van der Waals surface area contributed by atoms with Gasteiger partial charge in [0, 0.05) is 29.9 Å². The molecule has 0 saturated carbocycles. The van der Waals surface area contributed by atoms with E-state index in [4.69, 9.17) is 11.6 Å². The number of halogens is 1. The number of carbonyl (C=O) groups excluding carboxylic acids is 1. The van der Waals surface area contributed by atoms with Crippen molar-refractivity contribution in [3.63, 3.8) is 0 Å². The van der Waals surface area contributed by atoms with Crippen LogP contribution in [0, 0.1) is 0 Å². The van der Waals surface area contributed by atoms with Crippen LogP contribution in [-0.2, 0) is 10.5 Å². The Morgan fingerprint density at radius 2 is 2.18 bits per heavy atom. The number of hydrogen-bond donors (Lipinski definition) is 1. The van der Waals surface area contributed by atoms with Crippen molar-refractivity contribution in [3.8, 4) is 0 Å². The molecule has 0 unspecified atom stereocenters. The highest BCUT2D eigenvalue weighted by Crippen LogP contribution is 2.17. The molecule has 1 saturated heterocycles. The molecule has 1 aliphatic heterocycles. The summed E-state index contributed by atoms with van der Waals surface area (Å²) in [5.74, 6) is 1.49. The van der Waals surface area contributed by atoms with Crippen LogP contribution in [0.4, 0.5) is 0 Å². The maximum atomic E-state index is 12.0. The smallest absolute Gasteiger partial charge is 0.230 e. The lowest BCUT2D eigenvalue weighted by Crippen LogP contribution is -2.45. The quantitative estimate of drug-likeness (QED) is 0.823. The predicted molar refractivity (Wildman–Crippen MR) is 95.5 cm³/mol. The number of thioether (sulfide) groups is 1. The highest BCUT2D eigenvalue weighted by Gasteiger charge is 2.19. The Morgan fingerprint density at radius 3 is 2.86 bits per heavy atom. The Balaban J connectivity index is 1.62. The Bertz CT molecular complexity index is 475. The standard InChI is InChI=1S/C17H25ClN2OS/c1-2-8-20-9-6-16(7-10-20)19-17(21)13-22-12-14-4-3-5-15(18)11-14/h3-5,11,16H,2,6-10,12-13H2,1H3,(H,19,21). The first-order valence-electron chi connectivity index (χ1n) is 8.01. The number of nitrogens with one attached hydrogen (secondary N) is 1. The molecular formula is C17H25ClN2OS. The second-order valence-electron chi connectivity index (χ2n) is 5.81. The van der Waals surface area contributed by atoms with Crippen LogP contribution in [0.5, 0.6) is 0 Å². The molecule has 5 heteroatoms. The van der Waals surface area contributed by atoms with Crippen molar-refractivity contribution in [1.82, 2.24) is 10.2 Å². The summed E-state index contributed by atoms with van der Waals surface area (Å²) in [6.07, 6.45) is 3.35. The minimum Gasteiger partial charge on any atom is -0.353 e. The molecule has 1 aromatic carbocycles. The molecule has 1 aromatic rings. The molecule has 1 N–H and O–H groups in total. The molecule has 0 radical (unpaired) electrons. The fourth-order valence-corrected chi connectivity index (χ4v) is 3.77. The fourth-order valence-electron chi connectivity index (χ4n) is 2.77.